The zero-order valence-electron chi connectivity index (χ0n) is 16.3. The predicted octanol–water partition coefficient (Wildman–Crippen LogP) is 5.11. The molecule has 0 aromatic heterocycles. The number of hydrogen-bond acceptors (Lipinski definition) is 4. The first-order valence-electron chi connectivity index (χ1n) is 9.31. The van der Waals surface area contributed by atoms with Crippen molar-refractivity contribution in [2.24, 2.45) is 0 Å². The van der Waals surface area contributed by atoms with Gasteiger partial charge in [0, 0.05) is 0 Å². The van der Waals surface area contributed by atoms with Crippen molar-refractivity contribution in [2.45, 2.75) is 115 Å². The molecule has 0 aliphatic heterocycles. The Morgan fingerprint density at radius 3 is 1.21 bits per heavy atom. The van der Waals surface area contributed by atoms with Crippen LogP contribution in [0.15, 0.2) is 0 Å². The topological polar surface area (TPSA) is 36.9 Å². The monoisotopic (exact) mass is 338 g/mol. The molecular formula is C20H34O4. The number of rotatable bonds is 6. The van der Waals surface area contributed by atoms with Crippen molar-refractivity contribution >= 4 is 0 Å². The van der Waals surface area contributed by atoms with Crippen LogP contribution < -0.4 is 0 Å². The lowest BCUT2D eigenvalue weighted by Crippen LogP contribution is -2.34. The molecule has 0 saturated heterocycles. The SMILES string of the molecule is CC(C)(C#CC(C)(C)OOC1(C)CCCC1)OOC1(C)CCCC1. The first-order chi connectivity index (χ1) is 11.0. The quantitative estimate of drug-likeness (QED) is 0.383. The van der Waals surface area contributed by atoms with Gasteiger partial charge in [0.1, 0.15) is 11.2 Å². The van der Waals surface area contributed by atoms with E-state index in [0.717, 1.165) is 25.7 Å². The molecule has 2 saturated carbocycles. The van der Waals surface area contributed by atoms with Crippen molar-refractivity contribution in [3.63, 3.8) is 0 Å². The molecule has 0 aromatic carbocycles. The van der Waals surface area contributed by atoms with Gasteiger partial charge in [0.05, 0.1) is 0 Å². The first kappa shape index (κ1) is 19.7. The Balaban J connectivity index is 1.85. The molecule has 4 heteroatoms. The summed E-state index contributed by atoms with van der Waals surface area (Å²) in [5.74, 6) is 6.25. The van der Waals surface area contributed by atoms with E-state index in [1.807, 2.05) is 27.7 Å². The van der Waals surface area contributed by atoms with Crippen LogP contribution in [0.2, 0.25) is 0 Å². The van der Waals surface area contributed by atoms with E-state index in [1.54, 1.807) is 0 Å². The molecule has 0 heterocycles. The summed E-state index contributed by atoms with van der Waals surface area (Å²) in [6.07, 6.45) is 8.95. The van der Waals surface area contributed by atoms with Gasteiger partial charge in [-0.15, -0.1) is 0 Å². The molecule has 2 fully saturated rings. The molecule has 138 valence electrons. The van der Waals surface area contributed by atoms with Crippen LogP contribution in [0.25, 0.3) is 0 Å². The second-order valence-corrected chi connectivity index (χ2v) is 8.92. The van der Waals surface area contributed by atoms with Crippen LogP contribution in [0, 0.1) is 11.8 Å². The van der Waals surface area contributed by atoms with Crippen molar-refractivity contribution in [3.8, 4) is 11.8 Å². The van der Waals surface area contributed by atoms with Gasteiger partial charge in [0.15, 0.2) is 11.2 Å². The third-order valence-electron chi connectivity index (χ3n) is 4.89. The maximum absolute atomic E-state index is 5.70. The lowest BCUT2D eigenvalue weighted by Gasteiger charge is -2.29. The molecule has 4 nitrogen and oxygen atoms in total. The summed E-state index contributed by atoms with van der Waals surface area (Å²) in [7, 11) is 0. The molecule has 0 radical (unpaired) electrons. The maximum Gasteiger partial charge on any atom is 0.158 e. The Hall–Kier alpha value is -0.600. The molecule has 24 heavy (non-hydrogen) atoms. The molecule has 0 amide bonds. The van der Waals surface area contributed by atoms with Gasteiger partial charge in [-0.05, 0) is 67.2 Å². The summed E-state index contributed by atoms with van der Waals surface area (Å²) in [6, 6.07) is 0. The molecule has 0 unspecified atom stereocenters. The molecular weight excluding hydrogens is 304 g/mol. The summed E-state index contributed by atoms with van der Waals surface area (Å²) >= 11 is 0. The summed E-state index contributed by atoms with van der Waals surface area (Å²) in [4.78, 5) is 22.7. The van der Waals surface area contributed by atoms with Gasteiger partial charge in [-0.1, -0.05) is 37.5 Å². The number of hydrogen-bond donors (Lipinski definition) is 0. The van der Waals surface area contributed by atoms with Crippen molar-refractivity contribution in [2.75, 3.05) is 0 Å². The van der Waals surface area contributed by atoms with Gasteiger partial charge in [0.2, 0.25) is 0 Å². The molecule has 2 rings (SSSR count). The summed E-state index contributed by atoms with van der Waals surface area (Å²) in [5, 5.41) is 0. The van der Waals surface area contributed by atoms with E-state index in [1.165, 1.54) is 25.7 Å². The Kier molecular flexibility index (Phi) is 6.03. The van der Waals surface area contributed by atoms with Gasteiger partial charge in [-0.25, -0.2) is 19.6 Å². The van der Waals surface area contributed by atoms with Crippen molar-refractivity contribution in [3.05, 3.63) is 0 Å². The fraction of sp³-hybridized carbons (Fsp3) is 0.900. The minimum atomic E-state index is -0.691. The Labute approximate surface area is 147 Å². The average molecular weight is 338 g/mol. The second-order valence-electron chi connectivity index (χ2n) is 8.92. The average Bonchev–Trinajstić information content (AvgIpc) is 3.12. The molecule has 0 N–H and O–H groups in total. The summed E-state index contributed by atoms with van der Waals surface area (Å²) < 4.78 is 0. The predicted molar refractivity (Wildman–Crippen MR) is 94.0 cm³/mol. The summed E-state index contributed by atoms with van der Waals surface area (Å²) in [6.45, 7) is 11.8. The smallest absolute Gasteiger partial charge is 0.158 e. The van der Waals surface area contributed by atoms with Crippen LogP contribution in [-0.2, 0) is 19.6 Å². The van der Waals surface area contributed by atoms with E-state index in [2.05, 4.69) is 25.7 Å². The zero-order chi connectivity index (χ0) is 17.9. The normalized spacial score (nSPS) is 23.1. The Morgan fingerprint density at radius 1 is 0.625 bits per heavy atom. The third-order valence-corrected chi connectivity index (χ3v) is 4.89. The summed E-state index contributed by atoms with van der Waals surface area (Å²) in [5.41, 5.74) is -1.73. The molecule has 0 spiro atoms. The highest BCUT2D eigenvalue weighted by Crippen LogP contribution is 2.35. The van der Waals surface area contributed by atoms with Crippen LogP contribution in [-0.4, -0.2) is 22.4 Å². The second kappa shape index (κ2) is 7.33. The van der Waals surface area contributed by atoms with E-state index < -0.39 is 11.2 Å². The van der Waals surface area contributed by atoms with Gasteiger partial charge >= 0.3 is 0 Å². The molecule has 2 aliphatic rings. The fourth-order valence-electron chi connectivity index (χ4n) is 3.16. The van der Waals surface area contributed by atoms with Crippen LogP contribution in [0.1, 0.15) is 92.9 Å². The molecule has 0 atom stereocenters. The van der Waals surface area contributed by atoms with Gasteiger partial charge < -0.3 is 0 Å². The largest absolute Gasteiger partial charge is 0.229 e. The molecule has 0 aromatic rings. The molecule has 0 bridgehead atoms. The molecule has 2 aliphatic carbocycles. The Bertz CT molecular complexity index is 430. The lowest BCUT2D eigenvalue weighted by atomic mass is 10.1. The van der Waals surface area contributed by atoms with Crippen LogP contribution in [0.5, 0.6) is 0 Å². The van der Waals surface area contributed by atoms with E-state index in [4.69, 9.17) is 19.6 Å². The minimum absolute atomic E-state index is 0.175. The highest BCUT2D eigenvalue weighted by molar-refractivity contribution is 5.17. The van der Waals surface area contributed by atoms with Crippen molar-refractivity contribution in [1.82, 2.24) is 0 Å². The van der Waals surface area contributed by atoms with E-state index in [-0.39, 0.29) is 11.2 Å². The fourth-order valence-corrected chi connectivity index (χ4v) is 3.16. The van der Waals surface area contributed by atoms with Gasteiger partial charge in [0.25, 0.3) is 0 Å². The third kappa shape index (κ3) is 6.04. The van der Waals surface area contributed by atoms with Crippen molar-refractivity contribution < 1.29 is 19.6 Å². The first-order valence-corrected chi connectivity index (χ1v) is 9.31. The minimum Gasteiger partial charge on any atom is -0.229 e. The zero-order valence-corrected chi connectivity index (χ0v) is 16.3. The van der Waals surface area contributed by atoms with E-state index in [0.29, 0.717) is 0 Å². The van der Waals surface area contributed by atoms with Crippen molar-refractivity contribution in [1.29, 1.82) is 0 Å². The lowest BCUT2D eigenvalue weighted by molar-refractivity contribution is -0.393. The highest BCUT2D eigenvalue weighted by Gasteiger charge is 2.35. The van der Waals surface area contributed by atoms with Crippen LogP contribution in [0.3, 0.4) is 0 Å². The standard InChI is InChI=1S/C20H34O4/c1-17(2,21-23-19(5)11-7-8-12-19)15-16-18(3,4)22-24-20(6)13-9-10-14-20/h7-14H2,1-6H3. The maximum atomic E-state index is 5.70. The van der Waals surface area contributed by atoms with E-state index in [9.17, 15) is 0 Å². The van der Waals surface area contributed by atoms with Crippen LogP contribution in [0.4, 0.5) is 0 Å². The van der Waals surface area contributed by atoms with E-state index >= 15 is 0 Å². The highest BCUT2D eigenvalue weighted by atomic mass is 17.2. The van der Waals surface area contributed by atoms with Crippen LogP contribution >= 0.6 is 0 Å². The Morgan fingerprint density at radius 2 is 0.917 bits per heavy atom. The van der Waals surface area contributed by atoms with Gasteiger partial charge in [-0.2, -0.15) is 0 Å². The van der Waals surface area contributed by atoms with Gasteiger partial charge in [-0.3, -0.25) is 0 Å².